The van der Waals surface area contributed by atoms with Crippen LogP contribution in [0.15, 0.2) is 0 Å². The number of piperidine rings is 1. The standard InChI is InChI=1S/C13H19F3N4O/c1-7(2)10-9(17)11(19-18-10)12(21)20-5-3-4-8(6-20)13(14,15)16/h7-8H,3-6,17H2,1-2H3,(H,18,19). The first-order valence-corrected chi connectivity index (χ1v) is 6.91. The Morgan fingerprint density at radius 2 is 2.14 bits per heavy atom. The lowest BCUT2D eigenvalue weighted by Gasteiger charge is -2.33. The molecule has 2 heterocycles. The smallest absolute Gasteiger partial charge is 0.393 e. The highest BCUT2D eigenvalue weighted by Crippen LogP contribution is 2.34. The van der Waals surface area contributed by atoms with Gasteiger partial charge in [-0.3, -0.25) is 9.89 Å². The summed E-state index contributed by atoms with van der Waals surface area (Å²) in [4.78, 5) is 13.5. The van der Waals surface area contributed by atoms with Gasteiger partial charge < -0.3 is 10.6 Å². The summed E-state index contributed by atoms with van der Waals surface area (Å²) in [5.74, 6) is -1.95. The van der Waals surface area contributed by atoms with E-state index in [0.29, 0.717) is 18.7 Å². The number of carbonyl (C=O) groups is 1. The van der Waals surface area contributed by atoms with Crippen LogP contribution in [0.2, 0.25) is 0 Å². The highest BCUT2D eigenvalue weighted by atomic mass is 19.4. The molecule has 1 aromatic heterocycles. The summed E-state index contributed by atoms with van der Waals surface area (Å²) < 4.78 is 38.4. The minimum Gasteiger partial charge on any atom is -0.395 e. The van der Waals surface area contributed by atoms with Crippen LogP contribution in [0.4, 0.5) is 18.9 Å². The molecule has 3 N–H and O–H groups in total. The van der Waals surface area contributed by atoms with Crippen LogP contribution in [0.3, 0.4) is 0 Å². The molecule has 0 saturated carbocycles. The Balaban J connectivity index is 2.17. The van der Waals surface area contributed by atoms with E-state index in [1.807, 2.05) is 13.8 Å². The number of nitrogens with zero attached hydrogens (tertiary/aromatic N) is 2. The molecule has 0 radical (unpaired) electrons. The normalized spacial score (nSPS) is 20.1. The zero-order valence-electron chi connectivity index (χ0n) is 12.0. The number of amides is 1. The summed E-state index contributed by atoms with van der Waals surface area (Å²) in [6, 6.07) is 0. The van der Waals surface area contributed by atoms with E-state index in [0.717, 1.165) is 0 Å². The van der Waals surface area contributed by atoms with Gasteiger partial charge in [0.25, 0.3) is 5.91 Å². The van der Waals surface area contributed by atoms with Gasteiger partial charge in [-0.05, 0) is 18.8 Å². The number of hydrogen-bond donors (Lipinski definition) is 2. The van der Waals surface area contributed by atoms with Crippen molar-refractivity contribution in [2.75, 3.05) is 18.8 Å². The summed E-state index contributed by atoms with van der Waals surface area (Å²) >= 11 is 0. The van der Waals surface area contributed by atoms with Gasteiger partial charge in [-0.2, -0.15) is 18.3 Å². The highest BCUT2D eigenvalue weighted by molar-refractivity contribution is 5.97. The topological polar surface area (TPSA) is 75.0 Å². The molecule has 1 atom stereocenters. The van der Waals surface area contributed by atoms with Crippen LogP contribution < -0.4 is 5.73 Å². The Labute approximate surface area is 120 Å². The van der Waals surface area contributed by atoms with Crippen LogP contribution in [0.5, 0.6) is 0 Å². The number of rotatable bonds is 2. The maximum absolute atomic E-state index is 12.8. The SMILES string of the molecule is CC(C)c1[nH]nc(C(=O)N2CCCC(C(F)(F)F)C2)c1N. The molecule has 0 bridgehead atoms. The number of halogens is 3. The number of nitrogens with one attached hydrogen (secondary N) is 1. The molecular formula is C13H19F3N4O. The Kier molecular flexibility index (Phi) is 4.15. The lowest BCUT2D eigenvalue weighted by molar-refractivity contribution is -0.184. The molecule has 1 saturated heterocycles. The second-order valence-electron chi connectivity index (χ2n) is 5.69. The molecule has 0 spiro atoms. The molecule has 1 unspecified atom stereocenters. The van der Waals surface area contributed by atoms with Crippen molar-refractivity contribution in [3.05, 3.63) is 11.4 Å². The number of aromatic nitrogens is 2. The number of H-pyrrole nitrogens is 1. The Morgan fingerprint density at radius 3 is 2.67 bits per heavy atom. The first-order chi connectivity index (χ1) is 9.71. The molecular weight excluding hydrogens is 285 g/mol. The van der Waals surface area contributed by atoms with Crippen molar-refractivity contribution in [2.45, 2.75) is 38.8 Å². The highest BCUT2D eigenvalue weighted by Gasteiger charge is 2.43. The van der Waals surface area contributed by atoms with Gasteiger partial charge in [0, 0.05) is 13.1 Å². The van der Waals surface area contributed by atoms with E-state index in [9.17, 15) is 18.0 Å². The summed E-state index contributed by atoms with van der Waals surface area (Å²) in [6.45, 7) is 3.75. The fourth-order valence-electron chi connectivity index (χ4n) is 2.55. The molecule has 0 aliphatic carbocycles. The van der Waals surface area contributed by atoms with E-state index in [2.05, 4.69) is 10.2 Å². The summed E-state index contributed by atoms with van der Waals surface area (Å²) in [5.41, 5.74) is 6.74. The molecule has 1 aromatic rings. The third-order valence-electron chi connectivity index (χ3n) is 3.78. The predicted molar refractivity (Wildman–Crippen MR) is 71.8 cm³/mol. The monoisotopic (exact) mass is 304 g/mol. The van der Waals surface area contributed by atoms with Crippen molar-refractivity contribution in [2.24, 2.45) is 5.92 Å². The van der Waals surface area contributed by atoms with Crippen LogP contribution in [0.1, 0.15) is 48.8 Å². The van der Waals surface area contributed by atoms with E-state index in [4.69, 9.17) is 5.73 Å². The van der Waals surface area contributed by atoms with E-state index in [1.54, 1.807) is 0 Å². The van der Waals surface area contributed by atoms with Gasteiger partial charge in [-0.25, -0.2) is 0 Å². The van der Waals surface area contributed by atoms with Gasteiger partial charge in [-0.1, -0.05) is 13.8 Å². The number of likely N-dealkylation sites (tertiary alicyclic amines) is 1. The minimum atomic E-state index is -4.28. The summed E-state index contributed by atoms with van der Waals surface area (Å²) in [5, 5.41) is 6.57. The van der Waals surface area contributed by atoms with Crippen LogP contribution in [-0.2, 0) is 0 Å². The number of anilines is 1. The average molecular weight is 304 g/mol. The average Bonchev–Trinajstić information content (AvgIpc) is 2.79. The molecule has 0 aromatic carbocycles. The van der Waals surface area contributed by atoms with Crippen molar-refractivity contribution in [3.63, 3.8) is 0 Å². The minimum absolute atomic E-state index is 0.0153. The van der Waals surface area contributed by atoms with Gasteiger partial charge in [-0.15, -0.1) is 0 Å². The van der Waals surface area contributed by atoms with Crippen LogP contribution in [-0.4, -0.2) is 40.3 Å². The molecule has 2 rings (SSSR count). The van der Waals surface area contributed by atoms with Gasteiger partial charge in [0.05, 0.1) is 17.3 Å². The van der Waals surface area contributed by atoms with Crippen LogP contribution >= 0.6 is 0 Å². The van der Waals surface area contributed by atoms with Crippen LogP contribution in [0.25, 0.3) is 0 Å². The number of hydrogen-bond acceptors (Lipinski definition) is 3. The largest absolute Gasteiger partial charge is 0.395 e. The molecule has 1 aliphatic heterocycles. The zero-order chi connectivity index (χ0) is 15.8. The molecule has 8 heteroatoms. The molecule has 1 aliphatic rings. The second-order valence-corrected chi connectivity index (χ2v) is 5.69. The number of aromatic amines is 1. The maximum atomic E-state index is 12.8. The Hall–Kier alpha value is -1.73. The molecule has 118 valence electrons. The van der Waals surface area contributed by atoms with Crippen molar-refractivity contribution in [1.29, 1.82) is 0 Å². The maximum Gasteiger partial charge on any atom is 0.393 e. The Bertz CT molecular complexity index is 524. The van der Waals surface area contributed by atoms with Gasteiger partial charge in [0.2, 0.25) is 0 Å². The number of carbonyl (C=O) groups excluding carboxylic acids is 1. The summed E-state index contributed by atoms with van der Waals surface area (Å²) in [7, 11) is 0. The van der Waals surface area contributed by atoms with Crippen molar-refractivity contribution >= 4 is 11.6 Å². The lowest BCUT2D eigenvalue weighted by Crippen LogP contribution is -2.44. The van der Waals surface area contributed by atoms with Crippen LogP contribution in [0, 0.1) is 5.92 Å². The molecule has 5 nitrogen and oxygen atoms in total. The number of nitrogen functional groups attached to an aromatic ring is 1. The fourth-order valence-corrected chi connectivity index (χ4v) is 2.55. The predicted octanol–water partition coefficient (Wildman–Crippen LogP) is 2.53. The zero-order valence-corrected chi connectivity index (χ0v) is 12.0. The third kappa shape index (κ3) is 3.14. The summed E-state index contributed by atoms with van der Waals surface area (Å²) in [6.07, 6.45) is -3.89. The number of alkyl halides is 3. The van der Waals surface area contributed by atoms with E-state index >= 15 is 0 Å². The lowest BCUT2D eigenvalue weighted by atomic mass is 9.97. The number of nitrogens with two attached hydrogens (primary N) is 1. The molecule has 1 fully saturated rings. The quantitative estimate of drug-likeness (QED) is 0.881. The first kappa shape index (κ1) is 15.7. The van der Waals surface area contributed by atoms with E-state index in [-0.39, 0.29) is 30.3 Å². The van der Waals surface area contributed by atoms with E-state index < -0.39 is 18.0 Å². The second kappa shape index (κ2) is 5.57. The van der Waals surface area contributed by atoms with Crippen molar-refractivity contribution in [1.82, 2.24) is 15.1 Å². The van der Waals surface area contributed by atoms with Gasteiger partial charge >= 0.3 is 6.18 Å². The van der Waals surface area contributed by atoms with Crippen molar-refractivity contribution < 1.29 is 18.0 Å². The van der Waals surface area contributed by atoms with Gasteiger partial charge in [0.1, 0.15) is 0 Å². The fraction of sp³-hybridized carbons (Fsp3) is 0.692. The Morgan fingerprint density at radius 1 is 1.48 bits per heavy atom. The van der Waals surface area contributed by atoms with Crippen molar-refractivity contribution in [3.8, 4) is 0 Å². The third-order valence-corrected chi connectivity index (χ3v) is 3.78. The van der Waals surface area contributed by atoms with E-state index in [1.165, 1.54) is 4.90 Å². The molecule has 21 heavy (non-hydrogen) atoms. The molecule has 1 amide bonds. The first-order valence-electron chi connectivity index (χ1n) is 6.91. The van der Waals surface area contributed by atoms with Gasteiger partial charge in [0.15, 0.2) is 5.69 Å².